The molecule has 0 amide bonds. The highest BCUT2D eigenvalue weighted by molar-refractivity contribution is 6.21. The van der Waals surface area contributed by atoms with Gasteiger partial charge in [-0.2, -0.15) is 0 Å². The van der Waals surface area contributed by atoms with Gasteiger partial charge in [0.25, 0.3) is 0 Å². The van der Waals surface area contributed by atoms with Crippen molar-refractivity contribution in [1.82, 2.24) is 10.6 Å². The number of carbonyl (C=O) groups is 1. The van der Waals surface area contributed by atoms with Crippen LogP contribution in [0.4, 0.5) is 4.39 Å². The van der Waals surface area contributed by atoms with Gasteiger partial charge in [-0.25, -0.2) is 9.38 Å². The summed E-state index contributed by atoms with van der Waals surface area (Å²) in [7, 11) is 0. The van der Waals surface area contributed by atoms with Gasteiger partial charge >= 0.3 is 5.97 Å². The van der Waals surface area contributed by atoms with Gasteiger partial charge in [-0.1, -0.05) is 11.6 Å². The van der Waals surface area contributed by atoms with Crippen LogP contribution in [0, 0.1) is 0 Å². The molecular formula is C14H21ClFN3O3. The zero-order valence-electron chi connectivity index (χ0n) is 12.4. The summed E-state index contributed by atoms with van der Waals surface area (Å²) >= 11 is 5.79. The summed E-state index contributed by atoms with van der Waals surface area (Å²) in [5, 5.41) is 16.3. The highest BCUT2D eigenvalue weighted by Crippen LogP contribution is 2.32. The summed E-state index contributed by atoms with van der Waals surface area (Å²) in [4.78, 5) is 15.3. The van der Waals surface area contributed by atoms with Gasteiger partial charge in [0.1, 0.15) is 5.82 Å². The molecule has 1 heterocycles. The van der Waals surface area contributed by atoms with Crippen LogP contribution in [0.1, 0.15) is 39.0 Å². The van der Waals surface area contributed by atoms with Crippen molar-refractivity contribution in [3.05, 3.63) is 11.6 Å². The molecule has 1 fully saturated rings. The van der Waals surface area contributed by atoms with Gasteiger partial charge in [-0.15, -0.1) is 0 Å². The molecule has 0 aromatic rings. The van der Waals surface area contributed by atoms with Crippen molar-refractivity contribution < 1.29 is 19.0 Å². The zero-order valence-corrected chi connectivity index (χ0v) is 13.2. The van der Waals surface area contributed by atoms with E-state index in [2.05, 4.69) is 15.6 Å². The molecule has 0 spiro atoms. The molecule has 0 aromatic carbocycles. The molecular weight excluding hydrogens is 313 g/mol. The Morgan fingerprint density at radius 3 is 3.23 bits per heavy atom. The smallest absolute Gasteiger partial charge is 0.308 e. The summed E-state index contributed by atoms with van der Waals surface area (Å²) in [6.07, 6.45) is 3.39. The van der Waals surface area contributed by atoms with Crippen LogP contribution in [-0.2, 0) is 9.53 Å². The summed E-state index contributed by atoms with van der Waals surface area (Å²) in [6, 6.07) is -0.156. The molecule has 1 saturated carbocycles. The molecule has 3 N–H and O–H groups in total. The fourth-order valence-electron chi connectivity index (χ4n) is 2.84. The van der Waals surface area contributed by atoms with E-state index in [-0.39, 0.29) is 24.9 Å². The second-order valence-corrected chi connectivity index (χ2v) is 6.04. The van der Waals surface area contributed by atoms with Gasteiger partial charge < -0.3 is 20.5 Å². The van der Waals surface area contributed by atoms with Gasteiger partial charge in [0, 0.05) is 6.04 Å². The Kier molecular flexibility index (Phi) is 5.63. The monoisotopic (exact) mass is 333 g/mol. The first kappa shape index (κ1) is 17.0. The molecule has 0 saturated heterocycles. The quantitative estimate of drug-likeness (QED) is 0.404. The largest absolute Gasteiger partial charge is 0.466 e. The van der Waals surface area contributed by atoms with E-state index in [9.17, 15) is 14.3 Å². The van der Waals surface area contributed by atoms with Gasteiger partial charge in [-0.05, 0) is 32.6 Å². The first-order valence-corrected chi connectivity index (χ1v) is 7.83. The van der Waals surface area contributed by atoms with Gasteiger partial charge in [-0.3, -0.25) is 4.79 Å². The van der Waals surface area contributed by atoms with Crippen molar-refractivity contribution in [1.29, 1.82) is 0 Å². The number of nitrogens with one attached hydrogen (secondary N) is 2. The summed E-state index contributed by atoms with van der Waals surface area (Å²) < 4.78 is 18.6. The molecule has 1 aliphatic carbocycles. The second kappa shape index (κ2) is 7.28. The summed E-state index contributed by atoms with van der Waals surface area (Å²) in [6.45, 7) is 2.01. The van der Waals surface area contributed by atoms with Crippen molar-refractivity contribution >= 4 is 23.8 Å². The van der Waals surface area contributed by atoms with Crippen LogP contribution in [-0.4, -0.2) is 41.2 Å². The number of hydrogen-bond acceptors (Lipinski definition) is 6. The number of esters is 1. The Labute approximate surface area is 133 Å². The number of halogens is 2. The van der Waals surface area contributed by atoms with Gasteiger partial charge in [0.05, 0.1) is 24.8 Å². The predicted octanol–water partition coefficient (Wildman–Crippen LogP) is 1.54. The molecule has 2 aliphatic rings. The maximum atomic E-state index is 13.7. The van der Waals surface area contributed by atoms with Gasteiger partial charge in [0.15, 0.2) is 11.5 Å². The first-order valence-electron chi connectivity index (χ1n) is 7.40. The van der Waals surface area contributed by atoms with E-state index in [1.165, 1.54) is 0 Å². The molecule has 1 aliphatic heterocycles. The maximum absolute atomic E-state index is 13.7. The van der Waals surface area contributed by atoms with Crippen LogP contribution in [0.2, 0.25) is 0 Å². The third-order valence-electron chi connectivity index (χ3n) is 3.77. The number of carbonyl (C=O) groups excluding carboxylic acids is 1. The summed E-state index contributed by atoms with van der Waals surface area (Å²) in [5.74, 6) is -0.781. The van der Waals surface area contributed by atoms with E-state index < -0.39 is 23.0 Å². The van der Waals surface area contributed by atoms with Crippen LogP contribution in [0.15, 0.2) is 16.6 Å². The molecule has 0 aromatic heterocycles. The predicted molar refractivity (Wildman–Crippen MR) is 81.0 cm³/mol. The lowest BCUT2D eigenvalue weighted by molar-refractivity contribution is -0.150. The third-order valence-corrected chi connectivity index (χ3v) is 3.99. The lowest BCUT2D eigenvalue weighted by Crippen LogP contribution is -2.47. The third kappa shape index (κ3) is 4.58. The Bertz CT molecular complexity index is 486. The van der Waals surface area contributed by atoms with E-state index >= 15 is 0 Å². The molecule has 2 rings (SSSR count). The number of aliphatic hydroxyl groups is 1. The standard InChI is InChI=1S/C14H21ClFN3O3/c1-2-22-11(20)7-14(21)5-3-4-9(6-14)18-12-10(16)8-17-13(15)19-12/h8-9,13,18-19,21H,2-7H2,1H3/t9-,13?,14+/m0/s1. The number of ether oxygens (including phenoxy) is 1. The van der Waals surface area contributed by atoms with Gasteiger partial charge in [0.2, 0.25) is 0 Å². The maximum Gasteiger partial charge on any atom is 0.308 e. The second-order valence-electron chi connectivity index (χ2n) is 5.62. The number of aliphatic imine (C=N–C) groups is 1. The number of allylic oxidation sites excluding steroid dienone is 1. The SMILES string of the molecule is CCOC(=O)C[C@@]1(O)CCC[C@H](NC2=C(F)C=NC(Cl)N2)C1. The zero-order chi connectivity index (χ0) is 16.2. The highest BCUT2D eigenvalue weighted by Gasteiger charge is 2.37. The fourth-order valence-corrected chi connectivity index (χ4v) is 3.01. The normalized spacial score (nSPS) is 31.6. The lowest BCUT2D eigenvalue weighted by Gasteiger charge is -2.37. The highest BCUT2D eigenvalue weighted by atomic mass is 35.5. The molecule has 0 bridgehead atoms. The van der Waals surface area contributed by atoms with Crippen molar-refractivity contribution in [2.24, 2.45) is 4.99 Å². The first-order chi connectivity index (χ1) is 10.4. The summed E-state index contributed by atoms with van der Waals surface area (Å²) in [5.41, 5.74) is -1.84. The van der Waals surface area contributed by atoms with Crippen molar-refractivity contribution in [3.8, 4) is 0 Å². The molecule has 22 heavy (non-hydrogen) atoms. The topological polar surface area (TPSA) is 83.0 Å². The van der Waals surface area contributed by atoms with Crippen LogP contribution < -0.4 is 10.6 Å². The van der Waals surface area contributed by atoms with E-state index in [1.807, 2.05) is 0 Å². The molecule has 6 nitrogen and oxygen atoms in total. The minimum absolute atomic E-state index is 0.0480. The van der Waals surface area contributed by atoms with E-state index in [0.717, 1.165) is 19.1 Å². The van der Waals surface area contributed by atoms with Crippen molar-refractivity contribution in [2.45, 2.75) is 56.3 Å². The number of alkyl halides is 1. The molecule has 124 valence electrons. The Morgan fingerprint density at radius 1 is 1.73 bits per heavy atom. The van der Waals surface area contributed by atoms with E-state index in [4.69, 9.17) is 16.3 Å². The average molecular weight is 334 g/mol. The fraction of sp³-hybridized carbons (Fsp3) is 0.714. The number of nitrogens with zero attached hydrogens (tertiary/aromatic N) is 1. The van der Waals surface area contributed by atoms with E-state index in [0.29, 0.717) is 12.8 Å². The van der Waals surface area contributed by atoms with Crippen LogP contribution >= 0.6 is 11.6 Å². The molecule has 3 atom stereocenters. The Hall–Kier alpha value is -1.34. The number of rotatable bonds is 5. The van der Waals surface area contributed by atoms with Crippen molar-refractivity contribution in [2.75, 3.05) is 6.61 Å². The lowest BCUT2D eigenvalue weighted by atomic mass is 9.79. The number of hydrogen-bond donors (Lipinski definition) is 3. The molecule has 0 radical (unpaired) electrons. The Morgan fingerprint density at radius 2 is 2.50 bits per heavy atom. The van der Waals surface area contributed by atoms with Crippen LogP contribution in [0.5, 0.6) is 0 Å². The molecule has 1 unspecified atom stereocenters. The minimum atomic E-state index is -1.12. The van der Waals surface area contributed by atoms with Crippen LogP contribution in [0.25, 0.3) is 0 Å². The molecule has 8 heteroatoms. The van der Waals surface area contributed by atoms with Crippen molar-refractivity contribution in [3.63, 3.8) is 0 Å². The average Bonchev–Trinajstić information content (AvgIpc) is 2.42. The van der Waals surface area contributed by atoms with E-state index in [1.54, 1.807) is 6.92 Å². The van der Waals surface area contributed by atoms with Crippen LogP contribution in [0.3, 0.4) is 0 Å². The Balaban J connectivity index is 1.95. The minimum Gasteiger partial charge on any atom is -0.466 e.